The Labute approximate surface area is 134 Å². The number of methoxy groups -OCH3 is 4. The Morgan fingerprint density at radius 3 is 1.83 bits per heavy atom. The van der Waals surface area contributed by atoms with Crippen LogP contribution >= 0.6 is 0 Å². The summed E-state index contributed by atoms with van der Waals surface area (Å²) in [6.45, 7) is 0. The van der Waals surface area contributed by atoms with Crippen molar-refractivity contribution >= 4 is 0 Å². The van der Waals surface area contributed by atoms with Gasteiger partial charge in [0.1, 0.15) is 5.75 Å². The number of aromatic hydroxyl groups is 2. The van der Waals surface area contributed by atoms with E-state index in [2.05, 4.69) is 0 Å². The highest BCUT2D eigenvalue weighted by molar-refractivity contribution is 5.58. The predicted octanol–water partition coefficient (Wildman–Crippen LogP) is 2.72. The molecule has 6 heteroatoms. The van der Waals surface area contributed by atoms with Crippen LogP contribution < -0.4 is 18.9 Å². The molecule has 0 radical (unpaired) electrons. The lowest BCUT2D eigenvalue weighted by Crippen LogP contribution is -1.99. The third-order valence-corrected chi connectivity index (χ3v) is 3.54. The number of hydrogen-bond donors (Lipinski definition) is 2. The van der Waals surface area contributed by atoms with Gasteiger partial charge in [0.15, 0.2) is 23.0 Å². The van der Waals surface area contributed by atoms with Crippen molar-refractivity contribution in [1.29, 1.82) is 0 Å². The van der Waals surface area contributed by atoms with Crippen LogP contribution in [0.1, 0.15) is 11.1 Å². The Balaban J connectivity index is 2.51. The fourth-order valence-corrected chi connectivity index (χ4v) is 2.41. The van der Waals surface area contributed by atoms with Crippen molar-refractivity contribution in [3.8, 4) is 34.5 Å². The fraction of sp³-hybridized carbons (Fsp3) is 0.294. The summed E-state index contributed by atoms with van der Waals surface area (Å²) in [5, 5.41) is 20.1. The van der Waals surface area contributed by atoms with E-state index in [9.17, 15) is 10.2 Å². The first-order valence-corrected chi connectivity index (χ1v) is 6.92. The molecule has 0 unspecified atom stereocenters. The van der Waals surface area contributed by atoms with Crippen molar-refractivity contribution in [2.45, 2.75) is 6.42 Å². The Morgan fingerprint density at radius 1 is 0.783 bits per heavy atom. The molecule has 0 fully saturated rings. The van der Waals surface area contributed by atoms with Crippen LogP contribution in [0.15, 0.2) is 24.3 Å². The Hall–Kier alpha value is -2.76. The lowest BCUT2D eigenvalue weighted by atomic mass is 10.0. The van der Waals surface area contributed by atoms with Crippen molar-refractivity contribution in [3.63, 3.8) is 0 Å². The van der Waals surface area contributed by atoms with Crippen LogP contribution in [0.2, 0.25) is 0 Å². The number of phenolic OH excluding ortho intramolecular Hbond substituents is 2. The summed E-state index contributed by atoms with van der Waals surface area (Å²) >= 11 is 0. The minimum atomic E-state index is -0.0689. The normalized spacial score (nSPS) is 10.3. The summed E-state index contributed by atoms with van der Waals surface area (Å²) in [5.74, 6) is 1.59. The molecule has 23 heavy (non-hydrogen) atoms. The molecule has 0 aromatic heterocycles. The standard InChI is InChI=1S/C17H20O6/c1-20-13-6-5-12(18)11(17(13)23-4)7-10-8-14(21-2)16(19)15(9-10)22-3/h5-6,8-9,18-19H,7H2,1-4H3. The fourth-order valence-electron chi connectivity index (χ4n) is 2.41. The van der Waals surface area contributed by atoms with Crippen LogP contribution in [0.5, 0.6) is 34.5 Å². The topological polar surface area (TPSA) is 77.4 Å². The number of phenols is 2. The second kappa shape index (κ2) is 7.00. The lowest BCUT2D eigenvalue weighted by Gasteiger charge is -2.16. The van der Waals surface area contributed by atoms with Crippen LogP contribution in [0.4, 0.5) is 0 Å². The molecule has 0 aliphatic heterocycles. The Morgan fingerprint density at radius 2 is 1.35 bits per heavy atom. The quantitative estimate of drug-likeness (QED) is 0.852. The van der Waals surface area contributed by atoms with E-state index in [-0.39, 0.29) is 11.5 Å². The maximum Gasteiger partial charge on any atom is 0.200 e. The molecule has 0 saturated carbocycles. The zero-order valence-electron chi connectivity index (χ0n) is 13.5. The third-order valence-electron chi connectivity index (χ3n) is 3.54. The average Bonchev–Trinajstić information content (AvgIpc) is 2.57. The molecular formula is C17H20O6. The van der Waals surface area contributed by atoms with Gasteiger partial charge in [0.2, 0.25) is 5.75 Å². The minimum absolute atomic E-state index is 0.0689. The van der Waals surface area contributed by atoms with Crippen molar-refractivity contribution in [1.82, 2.24) is 0 Å². The molecule has 124 valence electrons. The summed E-state index contributed by atoms with van der Waals surface area (Å²) in [6.07, 6.45) is 0.346. The van der Waals surface area contributed by atoms with Gasteiger partial charge in [-0.1, -0.05) is 0 Å². The van der Waals surface area contributed by atoms with E-state index in [4.69, 9.17) is 18.9 Å². The zero-order valence-corrected chi connectivity index (χ0v) is 13.5. The van der Waals surface area contributed by atoms with Crippen LogP contribution in [0.3, 0.4) is 0 Å². The minimum Gasteiger partial charge on any atom is -0.508 e. The van der Waals surface area contributed by atoms with E-state index in [1.165, 1.54) is 28.4 Å². The van der Waals surface area contributed by atoms with Gasteiger partial charge in [-0.05, 0) is 29.8 Å². The number of hydrogen-bond acceptors (Lipinski definition) is 6. The van der Waals surface area contributed by atoms with E-state index in [1.807, 2.05) is 0 Å². The van der Waals surface area contributed by atoms with E-state index in [0.29, 0.717) is 35.0 Å². The first kappa shape index (κ1) is 16.6. The molecule has 0 amide bonds. The summed E-state index contributed by atoms with van der Waals surface area (Å²) in [6, 6.07) is 6.54. The van der Waals surface area contributed by atoms with Gasteiger partial charge in [-0.15, -0.1) is 0 Å². The molecule has 0 atom stereocenters. The Bertz CT molecular complexity index is 671. The van der Waals surface area contributed by atoms with E-state index in [1.54, 1.807) is 24.3 Å². The third kappa shape index (κ3) is 3.21. The van der Waals surface area contributed by atoms with Gasteiger partial charge in [0.25, 0.3) is 0 Å². The highest BCUT2D eigenvalue weighted by Crippen LogP contribution is 2.41. The van der Waals surface area contributed by atoms with Gasteiger partial charge < -0.3 is 29.2 Å². The summed E-state index contributed by atoms with van der Waals surface area (Å²) < 4.78 is 20.9. The second-order valence-corrected chi connectivity index (χ2v) is 4.82. The highest BCUT2D eigenvalue weighted by atomic mass is 16.5. The van der Waals surface area contributed by atoms with Gasteiger partial charge in [-0.3, -0.25) is 0 Å². The SMILES string of the molecule is COc1cc(Cc2c(O)ccc(OC)c2OC)cc(OC)c1O. The molecule has 2 N–H and O–H groups in total. The van der Waals surface area contributed by atoms with Crippen LogP contribution in [0, 0.1) is 0 Å². The van der Waals surface area contributed by atoms with Gasteiger partial charge in [-0.2, -0.15) is 0 Å². The number of benzene rings is 2. The van der Waals surface area contributed by atoms with Crippen molar-refractivity contribution in [3.05, 3.63) is 35.4 Å². The smallest absolute Gasteiger partial charge is 0.200 e. The molecule has 0 aliphatic carbocycles. The molecule has 2 aromatic carbocycles. The van der Waals surface area contributed by atoms with Crippen LogP contribution in [0.25, 0.3) is 0 Å². The second-order valence-electron chi connectivity index (χ2n) is 4.82. The number of rotatable bonds is 6. The predicted molar refractivity (Wildman–Crippen MR) is 85.2 cm³/mol. The summed E-state index contributed by atoms with van der Waals surface area (Å²) in [4.78, 5) is 0. The van der Waals surface area contributed by atoms with Gasteiger partial charge in [0.05, 0.1) is 28.4 Å². The monoisotopic (exact) mass is 320 g/mol. The largest absolute Gasteiger partial charge is 0.508 e. The first-order valence-electron chi connectivity index (χ1n) is 6.92. The molecule has 0 saturated heterocycles. The van der Waals surface area contributed by atoms with Crippen molar-refractivity contribution in [2.75, 3.05) is 28.4 Å². The highest BCUT2D eigenvalue weighted by Gasteiger charge is 2.18. The maximum absolute atomic E-state index is 10.2. The van der Waals surface area contributed by atoms with Crippen LogP contribution in [-0.2, 0) is 6.42 Å². The van der Waals surface area contributed by atoms with Gasteiger partial charge >= 0.3 is 0 Å². The van der Waals surface area contributed by atoms with Crippen molar-refractivity contribution < 1.29 is 29.2 Å². The lowest BCUT2D eigenvalue weighted by molar-refractivity contribution is 0.339. The van der Waals surface area contributed by atoms with E-state index < -0.39 is 0 Å². The summed E-state index contributed by atoms with van der Waals surface area (Å²) in [5.41, 5.74) is 1.35. The van der Waals surface area contributed by atoms with E-state index in [0.717, 1.165) is 5.56 Å². The van der Waals surface area contributed by atoms with Crippen LogP contribution in [-0.4, -0.2) is 38.7 Å². The Kier molecular flexibility index (Phi) is 5.05. The molecule has 2 rings (SSSR count). The van der Waals surface area contributed by atoms with Crippen molar-refractivity contribution in [2.24, 2.45) is 0 Å². The van der Waals surface area contributed by atoms with Gasteiger partial charge in [-0.25, -0.2) is 0 Å². The van der Waals surface area contributed by atoms with Gasteiger partial charge in [0, 0.05) is 12.0 Å². The molecule has 0 bridgehead atoms. The summed E-state index contributed by atoms with van der Waals surface area (Å²) in [7, 11) is 5.97. The van der Waals surface area contributed by atoms with E-state index >= 15 is 0 Å². The molecule has 0 aliphatic rings. The first-order chi connectivity index (χ1) is 11.0. The molecule has 0 spiro atoms. The molecule has 6 nitrogen and oxygen atoms in total. The average molecular weight is 320 g/mol. The molecule has 2 aromatic rings. The molecular weight excluding hydrogens is 300 g/mol. The maximum atomic E-state index is 10.2. The zero-order chi connectivity index (χ0) is 17.0. The molecule has 0 heterocycles. The number of ether oxygens (including phenoxy) is 4.